The van der Waals surface area contributed by atoms with Crippen LogP contribution >= 0.6 is 0 Å². The fourth-order valence-electron chi connectivity index (χ4n) is 2.34. The molecule has 0 amide bonds. The van der Waals surface area contributed by atoms with E-state index in [-0.39, 0.29) is 6.04 Å². The van der Waals surface area contributed by atoms with E-state index >= 15 is 0 Å². The molecule has 0 radical (unpaired) electrons. The van der Waals surface area contributed by atoms with Crippen molar-refractivity contribution in [1.82, 2.24) is 15.5 Å². The van der Waals surface area contributed by atoms with Crippen LogP contribution < -0.4 is 15.1 Å². The van der Waals surface area contributed by atoms with E-state index < -0.39 is 0 Å². The van der Waals surface area contributed by atoms with E-state index in [0.29, 0.717) is 11.9 Å². The highest BCUT2D eigenvalue weighted by molar-refractivity contribution is 5.76. The summed E-state index contributed by atoms with van der Waals surface area (Å²) in [4.78, 5) is 4.31. The fraction of sp³-hybridized carbons (Fsp3) is 0.429. The summed E-state index contributed by atoms with van der Waals surface area (Å²) < 4.78 is 5.79. The van der Waals surface area contributed by atoms with Gasteiger partial charge in [-0.3, -0.25) is 4.90 Å². The van der Waals surface area contributed by atoms with Crippen LogP contribution in [0.5, 0.6) is 0 Å². The number of anilines is 3. The van der Waals surface area contributed by atoms with Gasteiger partial charge in [0.15, 0.2) is 0 Å². The second kappa shape index (κ2) is 5.13. The number of para-hydroxylation sites is 2. The first kappa shape index (κ1) is 12.9. The van der Waals surface area contributed by atoms with Crippen LogP contribution in [-0.2, 0) is 0 Å². The predicted octanol–water partition coefficient (Wildman–Crippen LogP) is 1.94. The topological polar surface area (TPSA) is 57.4 Å². The summed E-state index contributed by atoms with van der Waals surface area (Å²) in [6.07, 6.45) is 0. The SMILES string of the molecule is CNC(C)c1nnc(N2CCN(C)c3ccccc32)o1. The van der Waals surface area contributed by atoms with Gasteiger partial charge in [-0.15, -0.1) is 5.10 Å². The average Bonchev–Trinajstić information content (AvgIpc) is 2.97. The van der Waals surface area contributed by atoms with Crippen molar-refractivity contribution in [1.29, 1.82) is 0 Å². The first-order valence-electron chi connectivity index (χ1n) is 6.79. The van der Waals surface area contributed by atoms with Crippen molar-refractivity contribution in [3.8, 4) is 0 Å². The molecule has 2 aromatic rings. The predicted molar refractivity (Wildman–Crippen MR) is 78.5 cm³/mol. The van der Waals surface area contributed by atoms with Crippen LogP contribution in [0.15, 0.2) is 28.7 Å². The van der Waals surface area contributed by atoms with Crippen molar-refractivity contribution in [2.45, 2.75) is 13.0 Å². The maximum Gasteiger partial charge on any atom is 0.322 e. The molecular weight excluding hydrogens is 254 g/mol. The van der Waals surface area contributed by atoms with Gasteiger partial charge in [-0.2, -0.15) is 0 Å². The lowest BCUT2D eigenvalue weighted by Gasteiger charge is -2.34. The number of rotatable bonds is 3. The number of aromatic nitrogens is 2. The molecular formula is C14H19N5O. The normalized spacial score (nSPS) is 16.1. The second-order valence-electron chi connectivity index (χ2n) is 5.00. The molecule has 6 nitrogen and oxygen atoms in total. The molecule has 106 valence electrons. The van der Waals surface area contributed by atoms with E-state index in [0.717, 1.165) is 18.8 Å². The van der Waals surface area contributed by atoms with Crippen LogP contribution in [0, 0.1) is 0 Å². The lowest BCUT2D eigenvalue weighted by molar-refractivity contribution is 0.434. The van der Waals surface area contributed by atoms with Crippen LogP contribution in [-0.4, -0.2) is 37.4 Å². The molecule has 1 aliphatic heterocycles. The van der Waals surface area contributed by atoms with Crippen molar-refractivity contribution in [2.24, 2.45) is 0 Å². The summed E-state index contributed by atoms with van der Waals surface area (Å²) in [5, 5.41) is 11.4. The van der Waals surface area contributed by atoms with E-state index in [1.165, 1.54) is 5.69 Å². The number of fused-ring (bicyclic) bond motifs is 1. The zero-order valence-electron chi connectivity index (χ0n) is 12.0. The Labute approximate surface area is 118 Å². The van der Waals surface area contributed by atoms with Gasteiger partial charge in [0, 0.05) is 20.1 Å². The van der Waals surface area contributed by atoms with Gasteiger partial charge in [0.2, 0.25) is 5.89 Å². The monoisotopic (exact) mass is 273 g/mol. The highest BCUT2D eigenvalue weighted by atomic mass is 16.4. The third-order valence-corrected chi connectivity index (χ3v) is 3.71. The number of benzene rings is 1. The molecule has 0 bridgehead atoms. The highest BCUT2D eigenvalue weighted by Crippen LogP contribution is 2.36. The van der Waals surface area contributed by atoms with Crippen LogP contribution in [0.4, 0.5) is 17.4 Å². The van der Waals surface area contributed by atoms with Gasteiger partial charge in [0.25, 0.3) is 0 Å². The molecule has 1 unspecified atom stereocenters. The fourth-order valence-corrected chi connectivity index (χ4v) is 2.34. The van der Waals surface area contributed by atoms with Gasteiger partial charge in [-0.05, 0) is 26.1 Å². The highest BCUT2D eigenvalue weighted by Gasteiger charge is 2.25. The van der Waals surface area contributed by atoms with E-state index in [1.807, 2.05) is 26.1 Å². The first-order chi connectivity index (χ1) is 9.70. The van der Waals surface area contributed by atoms with Gasteiger partial charge in [0.1, 0.15) is 0 Å². The van der Waals surface area contributed by atoms with E-state index in [9.17, 15) is 0 Å². The van der Waals surface area contributed by atoms with Gasteiger partial charge in [0.05, 0.1) is 17.4 Å². The average molecular weight is 273 g/mol. The quantitative estimate of drug-likeness (QED) is 0.922. The lowest BCUT2D eigenvalue weighted by Crippen LogP contribution is -2.36. The Morgan fingerprint density at radius 2 is 1.95 bits per heavy atom. The summed E-state index contributed by atoms with van der Waals surface area (Å²) in [7, 11) is 3.97. The third kappa shape index (κ3) is 2.12. The maximum atomic E-state index is 5.79. The number of hydrogen-bond donors (Lipinski definition) is 1. The molecule has 1 aliphatic rings. The minimum atomic E-state index is 0.0546. The summed E-state index contributed by atoms with van der Waals surface area (Å²) in [6, 6.07) is 8.87. The van der Waals surface area contributed by atoms with Crippen molar-refractivity contribution in [2.75, 3.05) is 37.0 Å². The Bertz CT molecular complexity index is 597. The van der Waals surface area contributed by atoms with Gasteiger partial charge in [-0.25, -0.2) is 0 Å². The molecule has 0 fully saturated rings. The molecule has 2 heterocycles. The first-order valence-corrected chi connectivity index (χ1v) is 6.79. The van der Waals surface area contributed by atoms with E-state index in [2.05, 4.69) is 44.5 Å². The zero-order valence-corrected chi connectivity index (χ0v) is 12.0. The molecule has 0 saturated heterocycles. The Kier molecular flexibility index (Phi) is 3.31. The van der Waals surface area contributed by atoms with Crippen molar-refractivity contribution >= 4 is 17.4 Å². The number of nitrogens with one attached hydrogen (secondary N) is 1. The van der Waals surface area contributed by atoms with Crippen LogP contribution in [0.2, 0.25) is 0 Å². The Balaban J connectivity index is 1.95. The van der Waals surface area contributed by atoms with Crippen LogP contribution in [0.1, 0.15) is 18.9 Å². The van der Waals surface area contributed by atoms with E-state index in [4.69, 9.17) is 4.42 Å². The molecule has 0 spiro atoms. The molecule has 0 aliphatic carbocycles. The number of likely N-dealkylation sites (N-methyl/N-ethyl adjacent to an activating group) is 1. The molecule has 3 rings (SSSR count). The van der Waals surface area contributed by atoms with Crippen LogP contribution in [0.3, 0.4) is 0 Å². The minimum Gasteiger partial charge on any atom is -0.406 e. The van der Waals surface area contributed by atoms with Crippen molar-refractivity contribution in [3.05, 3.63) is 30.2 Å². The summed E-state index contributed by atoms with van der Waals surface area (Å²) in [6.45, 7) is 3.76. The molecule has 1 atom stereocenters. The molecule has 1 aromatic heterocycles. The Morgan fingerprint density at radius 1 is 1.20 bits per heavy atom. The van der Waals surface area contributed by atoms with E-state index in [1.54, 1.807) is 0 Å². The molecule has 0 saturated carbocycles. The molecule has 1 aromatic carbocycles. The third-order valence-electron chi connectivity index (χ3n) is 3.71. The zero-order chi connectivity index (χ0) is 14.1. The number of nitrogens with zero attached hydrogens (tertiary/aromatic N) is 4. The smallest absolute Gasteiger partial charge is 0.322 e. The Hall–Kier alpha value is -2.08. The van der Waals surface area contributed by atoms with Crippen molar-refractivity contribution in [3.63, 3.8) is 0 Å². The largest absolute Gasteiger partial charge is 0.406 e. The van der Waals surface area contributed by atoms with Gasteiger partial charge >= 0.3 is 6.01 Å². The Morgan fingerprint density at radius 3 is 2.70 bits per heavy atom. The van der Waals surface area contributed by atoms with Crippen LogP contribution in [0.25, 0.3) is 0 Å². The van der Waals surface area contributed by atoms with Gasteiger partial charge in [-0.1, -0.05) is 17.2 Å². The minimum absolute atomic E-state index is 0.0546. The standard InChI is InChI=1S/C14H19N5O/c1-10(15-2)13-16-17-14(20-13)19-9-8-18(3)11-6-4-5-7-12(11)19/h4-7,10,15H,8-9H2,1-3H3. The maximum absolute atomic E-state index is 5.79. The van der Waals surface area contributed by atoms with Gasteiger partial charge < -0.3 is 14.6 Å². The second-order valence-corrected chi connectivity index (χ2v) is 5.00. The number of hydrogen-bond acceptors (Lipinski definition) is 6. The molecule has 6 heteroatoms. The lowest BCUT2D eigenvalue weighted by atomic mass is 10.2. The summed E-state index contributed by atoms with van der Waals surface area (Å²) in [5.41, 5.74) is 2.29. The summed E-state index contributed by atoms with van der Waals surface area (Å²) >= 11 is 0. The molecule has 20 heavy (non-hydrogen) atoms. The summed E-state index contributed by atoms with van der Waals surface area (Å²) in [5.74, 6) is 0.610. The van der Waals surface area contributed by atoms with Crippen molar-refractivity contribution < 1.29 is 4.42 Å². The molecule has 1 N–H and O–H groups in total.